The van der Waals surface area contributed by atoms with E-state index in [-0.39, 0.29) is 23.0 Å². The van der Waals surface area contributed by atoms with Gasteiger partial charge in [0.05, 0.1) is 0 Å². The number of nitrogens with one attached hydrogen (secondary N) is 1. The van der Waals surface area contributed by atoms with Crippen molar-refractivity contribution < 1.29 is 4.42 Å². The number of hydrogen-bond acceptors (Lipinski definition) is 4. The highest BCUT2D eigenvalue weighted by Gasteiger charge is 2.21. The van der Waals surface area contributed by atoms with Crippen LogP contribution in [0.2, 0.25) is 10.0 Å². The molecule has 1 N–H and O–H groups in total. The molecule has 4 nitrogen and oxygen atoms in total. The lowest BCUT2D eigenvalue weighted by molar-refractivity contribution is 0.440. The van der Waals surface area contributed by atoms with Gasteiger partial charge in [0.1, 0.15) is 6.04 Å². The van der Waals surface area contributed by atoms with E-state index in [1.54, 1.807) is 0 Å². The highest BCUT2D eigenvalue weighted by molar-refractivity contribution is 8.93. The minimum absolute atomic E-state index is 0. The molecule has 0 aliphatic carbocycles. The maximum atomic E-state index is 6.22. The zero-order valence-electron chi connectivity index (χ0n) is 16.0. The quantitative estimate of drug-likeness (QED) is 0.310. The third kappa shape index (κ3) is 5.70. The summed E-state index contributed by atoms with van der Waals surface area (Å²) in [6.45, 7) is 0.724. The number of halogens is 3. The van der Waals surface area contributed by atoms with E-state index < -0.39 is 0 Å². The van der Waals surface area contributed by atoms with E-state index in [1.807, 2.05) is 78.9 Å². The Labute approximate surface area is 196 Å². The van der Waals surface area contributed by atoms with E-state index in [4.69, 9.17) is 27.6 Å². The maximum Gasteiger partial charge on any atom is 0.247 e. The summed E-state index contributed by atoms with van der Waals surface area (Å²) >= 11 is 12.2. The van der Waals surface area contributed by atoms with E-state index in [1.165, 1.54) is 5.56 Å². The first-order chi connectivity index (χ1) is 14.2. The fourth-order valence-corrected chi connectivity index (χ4v) is 3.42. The summed E-state index contributed by atoms with van der Waals surface area (Å²) in [6.07, 6.45) is 0.841. The van der Waals surface area contributed by atoms with Crippen LogP contribution in [0.3, 0.4) is 0 Å². The predicted molar refractivity (Wildman–Crippen MR) is 127 cm³/mol. The fraction of sp³-hybridized carbons (Fsp3) is 0.130. The first kappa shape index (κ1) is 22.5. The monoisotopic (exact) mass is 503 g/mol. The molecule has 7 heteroatoms. The second-order valence-corrected chi connectivity index (χ2v) is 7.50. The van der Waals surface area contributed by atoms with E-state index in [0.29, 0.717) is 16.8 Å². The predicted octanol–water partition coefficient (Wildman–Crippen LogP) is 6.54. The molecule has 30 heavy (non-hydrogen) atoms. The van der Waals surface area contributed by atoms with Crippen molar-refractivity contribution in [1.82, 2.24) is 15.5 Å². The van der Waals surface area contributed by atoms with Crippen molar-refractivity contribution in [3.05, 3.63) is 106 Å². The molecule has 0 saturated carbocycles. The number of benzene rings is 3. The summed E-state index contributed by atoms with van der Waals surface area (Å²) in [7, 11) is 0. The van der Waals surface area contributed by atoms with Gasteiger partial charge in [-0.25, -0.2) is 0 Å². The van der Waals surface area contributed by atoms with Crippen LogP contribution in [0.1, 0.15) is 23.1 Å². The third-order valence-electron chi connectivity index (χ3n) is 4.57. The molecule has 0 amide bonds. The first-order valence-electron chi connectivity index (χ1n) is 9.31. The molecule has 154 valence electrons. The molecule has 0 spiro atoms. The molecule has 0 bridgehead atoms. The molecular formula is C23H20BrCl2N3O. The number of nitrogens with zero attached hydrogens (tertiary/aromatic N) is 2. The zero-order valence-corrected chi connectivity index (χ0v) is 19.2. The van der Waals surface area contributed by atoms with Crippen molar-refractivity contribution >= 4 is 40.2 Å². The maximum absolute atomic E-state index is 6.22. The van der Waals surface area contributed by atoms with Crippen LogP contribution in [0.4, 0.5) is 0 Å². The Hall–Kier alpha value is -2.18. The SMILES string of the molecule is Br.Clc1ccc(CCNC(c2cccc(Cl)c2)c2nnc(-c3ccccc3)o2)cc1. The molecule has 0 aliphatic heterocycles. The Morgan fingerprint density at radius 1 is 0.833 bits per heavy atom. The highest BCUT2D eigenvalue weighted by atomic mass is 79.9. The zero-order chi connectivity index (χ0) is 20.1. The van der Waals surface area contributed by atoms with Gasteiger partial charge in [-0.1, -0.05) is 65.7 Å². The standard InChI is InChI=1S/C23H19Cl2N3O.BrH/c24-19-11-9-16(10-12-19)13-14-26-21(18-7-4-8-20(25)15-18)23-28-27-22(29-23)17-5-2-1-3-6-17;/h1-12,15,21,26H,13-14H2;1H. The summed E-state index contributed by atoms with van der Waals surface area (Å²) in [5.41, 5.74) is 3.05. The van der Waals surface area contributed by atoms with Crippen LogP contribution in [0.15, 0.2) is 83.3 Å². The Bertz CT molecular complexity index is 1070. The Kier molecular flexibility index (Phi) is 8.05. The average Bonchev–Trinajstić information content (AvgIpc) is 3.23. The van der Waals surface area contributed by atoms with E-state index in [0.717, 1.165) is 29.1 Å². The first-order valence-corrected chi connectivity index (χ1v) is 10.1. The minimum Gasteiger partial charge on any atom is -0.419 e. The van der Waals surface area contributed by atoms with Crippen molar-refractivity contribution in [2.75, 3.05) is 6.54 Å². The summed E-state index contributed by atoms with van der Waals surface area (Å²) in [5, 5.41) is 13.4. The molecule has 1 heterocycles. The Morgan fingerprint density at radius 3 is 2.33 bits per heavy atom. The lowest BCUT2D eigenvalue weighted by Crippen LogP contribution is -2.25. The van der Waals surface area contributed by atoms with E-state index in [9.17, 15) is 0 Å². The van der Waals surface area contributed by atoms with Crippen LogP contribution in [-0.2, 0) is 6.42 Å². The van der Waals surface area contributed by atoms with Crippen LogP contribution in [0, 0.1) is 0 Å². The normalized spacial score (nSPS) is 11.7. The van der Waals surface area contributed by atoms with Crippen LogP contribution in [-0.4, -0.2) is 16.7 Å². The van der Waals surface area contributed by atoms with Crippen LogP contribution in [0.5, 0.6) is 0 Å². The molecule has 0 radical (unpaired) electrons. The van der Waals surface area contributed by atoms with Crippen molar-refractivity contribution in [3.8, 4) is 11.5 Å². The summed E-state index contributed by atoms with van der Waals surface area (Å²) in [5.74, 6) is 0.995. The molecule has 1 aromatic heterocycles. The topological polar surface area (TPSA) is 51.0 Å². The third-order valence-corrected chi connectivity index (χ3v) is 5.05. The van der Waals surface area contributed by atoms with Crippen molar-refractivity contribution in [2.45, 2.75) is 12.5 Å². The molecule has 3 aromatic carbocycles. The number of hydrogen-bond donors (Lipinski definition) is 1. The highest BCUT2D eigenvalue weighted by Crippen LogP contribution is 2.26. The van der Waals surface area contributed by atoms with Gasteiger partial charge in [-0.05, 0) is 53.9 Å². The molecular weight excluding hydrogens is 485 g/mol. The molecule has 0 aliphatic rings. The minimum atomic E-state index is -0.258. The van der Waals surface area contributed by atoms with E-state index >= 15 is 0 Å². The van der Waals surface area contributed by atoms with Gasteiger partial charge in [0.2, 0.25) is 11.8 Å². The van der Waals surface area contributed by atoms with Gasteiger partial charge in [0.25, 0.3) is 0 Å². The fourth-order valence-electron chi connectivity index (χ4n) is 3.09. The summed E-state index contributed by atoms with van der Waals surface area (Å²) in [4.78, 5) is 0. The molecule has 0 fully saturated rings. The van der Waals surface area contributed by atoms with Crippen LogP contribution in [0.25, 0.3) is 11.5 Å². The van der Waals surface area contributed by atoms with Gasteiger partial charge in [-0.3, -0.25) is 0 Å². The second kappa shape index (κ2) is 10.7. The lowest BCUT2D eigenvalue weighted by atomic mass is 10.1. The number of rotatable bonds is 7. The van der Waals surface area contributed by atoms with E-state index in [2.05, 4.69) is 15.5 Å². The molecule has 1 atom stereocenters. The average molecular weight is 505 g/mol. The van der Waals surface area contributed by atoms with Crippen molar-refractivity contribution in [2.24, 2.45) is 0 Å². The molecule has 4 aromatic rings. The van der Waals surface area contributed by atoms with Gasteiger partial charge in [0.15, 0.2) is 0 Å². The number of aromatic nitrogens is 2. The van der Waals surface area contributed by atoms with Gasteiger partial charge in [0, 0.05) is 22.2 Å². The molecule has 0 saturated heterocycles. The summed E-state index contributed by atoms with van der Waals surface area (Å²) < 4.78 is 6.00. The smallest absolute Gasteiger partial charge is 0.247 e. The van der Waals surface area contributed by atoms with Gasteiger partial charge in [-0.2, -0.15) is 0 Å². The van der Waals surface area contributed by atoms with Crippen molar-refractivity contribution in [1.29, 1.82) is 0 Å². The van der Waals surface area contributed by atoms with Crippen molar-refractivity contribution in [3.63, 3.8) is 0 Å². The van der Waals surface area contributed by atoms with Gasteiger partial charge in [-0.15, -0.1) is 27.2 Å². The summed E-state index contributed by atoms with van der Waals surface area (Å²) in [6, 6.07) is 25.0. The Balaban J connectivity index is 0.00000256. The van der Waals surface area contributed by atoms with Gasteiger partial charge >= 0.3 is 0 Å². The molecule has 4 rings (SSSR count). The lowest BCUT2D eigenvalue weighted by Gasteiger charge is -2.16. The molecule has 1 unspecified atom stereocenters. The largest absolute Gasteiger partial charge is 0.419 e. The Morgan fingerprint density at radius 2 is 1.60 bits per heavy atom. The van der Waals surface area contributed by atoms with Crippen LogP contribution < -0.4 is 5.32 Å². The van der Waals surface area contributed by atoms with Crippen LogP contribution >= 0.6 is 40.2 Å². The second-order valence-electron chi connectivity index (χ2n) is 6.63. The van der Waals surface area contributed by atoms with Gasteiger partial charge < -0.3 is 9.73 Å².